The normalized spacial score (nSPS) is 13.2. The molecule has 0 fully saturated rings. The first-order chi connectivity index (χ1) is 9.33. The lowest BCUT2D eigenvalue weighted by atomic mass is 9.98. The van der Waals surface area contributed by atoms with Crippen molar-refractivity contribution < 1.29 is 10.0 Å². The zero-order chi connectivity index (χ0) is 14.9. The first kappa shape index (κ1) is 14.2. The van der Waals surface area contributed by atoms with Gasteiger partial charge in [-0.15, -0.1) is 0 Å². The van der Waals surface area contributed by atoms with Crippen LogP contribution in [-0.4, -0.2) is 26.7 Å². The Morgan fingerprint density at radius 1 is 1.40 bits per heavy atom. The summed E-state index contributed by atoms with van der Waals surface area (Å²) in [6.45, 7) is 5.42. The Hall–Kier alpha value is -2.21. The van der Waals surface area contributed by atoms with Crippen LogP contribution in [0, 0.1) is 10.1 Å². The number of fused-ring (bicyclic) bond motifs is 1. The summed E-state index contributed by atoms with van der Waals surface area (Å²) in [5.74, 6) is 0. The van der Waals surface area contributed by atoms with Crippen LogP contribution >= 0.6 is 0 Å². The number of non-ortho nitro benzene ring substituents is 1. The van der Waals surface area contributed by atoms with Gasteiger partial charge in [-0.3, -0.25) is 10.1 Å². The molecule has 1 atom stereocenters. The second kappa shape index (κ2) is 5.05. The van der Waals surface area contributed by atoms with E-state index in [0.29, 0.717) is 16.6 Å². The fourth-order valence-corrected chi connectivity index (χ4v) is 1.87. The average molecular weight is 275 g/mol. The second-order valence-corrected chi connectivity index (χ2v) is 5.31. The number of benzene rings is 1. The van der Waals surface area contributed by atoms with Gasteiger partial charge in [0.25, 0.3) is 5.69 Å². The first-order valence-corrected chi connectivity index (χ1v) is 6.31. The zero-order valence-corrected chi connectivity index (χ0v) is 11.6. The molecule has 6 nitrogen and oxygen atoms in total. The van der Waals surface area contributed by atoms with E-state index in [1.807, 2.05) is 13.8 Å². The third kappa shape index (κ3) is 2.55. The lowest BCUT2D eigenvalue weighted by molar-refractivity contribution is -0.383. The average Bonchev–Trinajstić information content (AvgIpc) is 2.37. The number of hydrogen-bond acceptors (Lipinski definition) is 5. The monoisotopic (exact) mass is 275 g/mol. The highest BCUT2D eigenvalue weighted by Crippen LogP contribution is 2.30. The molecule has 1 heterocycles. The van der Waals surface area contributed by atoms with Crippen molar-refractivity contribution in [1.29, 1.82) is 0 Å². The summed E-state index contributed by atoms with van der Waals surface area (Å²) in [4.78, 5) is 14.7. The van der Waals surface area contributed by atoms with Crippen molar-refractivity contribution in [3.63, 3.8) is 0 Å². The van der Waals surface area contributed by atoms with Gasteiger partial charge in [-0.1, -0.05) is 12.1 Å². The smallest absolute Gasteiger partial charge is 0.295 e. The molecule has 0 aliphatic heterocycles. The van der Waals surface area contributed by atoms with Crippen LogP contribution in [0.1, 0.15) is 20.8 Å². The molecule has 0 aliphatic carbocycles. The number of nitrogens with zero attached hydrogens (tertiary/aromatic N) is 2. The van der Waals surface area contributed by atoms with Gasteiger partial charge in [-0.05, 0) is 26.8 Å². The van der Waals surface area contributed by atoms with Crippen molar-refractivity contribution in [2.75, 3.05) is 5.32 Å². The van der Waals surface area contributed by atoms with Crippen LogP contribution in [-0.2, 0) is 0 Å². The maximum absolute atomic E-state index is 11.0. The topological polar surface area (TPSA) is 88.3 Å². The second-order valence-electron chi connectivity index (χ2n) is 5.31. The Labute approximate surface area is 116 Å². The Morgan fingerprint density at radius 3 is 2.70 bits per heavy atom. The highest BCUT2D eigenvalue weighted by molar-refractivity contribution is 5.96. The quantitative estimate of drug-likeness (QED) is 0.661. The molecule has 0 radical (unpaired) electrons. The SMILES string of the molecule is CC(O)C(C)(C)Nc1ccnc2c([N+](=O)[O-])cccc12. The molecule has 0 saturated heterocycles. The number of para-hydroxylation sites is 1. The molecule has 1 aromatic carbocycles. The summed E-state index contributed by atoms with van der Waals surface area (Å²) in [5.41, 5.74) is 0.466. The number of aromatic nitrogens is 1. The molecule has 1 aromatic heterocycles. The van der Waals surface area contributed by atoms with E-state index in [2.05, 4.69) is 10.3 Å². The van der Waals surface area contributed by atoms with Crippen LogP contribution in [0.25, 0.3) is 10.9 Å². The minimum Gasteiger partial charge on any atom is -0.391 e. The van der Waals surface area contributed by atoms with Crippen LogP contribution < -0.4 is 5.32 Å². The van der Waals surface area contributed by atoms with Gasteiger partial charge in [0.2, 0.25) is 0 Å². The predicted octanol–water partition coefficient (Wildman–Crippen LogP) is 2.71. The summed E-state index contributed by atoms with van der Waals surface area (Å²) in [6.07, 6.45) is 0.944. The maximum atomic E-state index is 11.0. The van der Waals surface area contributed by atoms with E-state index in [0.717, 1.165) is 0 Å². The molecule has 6 heteroatoms. The number of aliphatic hydroxyl groups excluding tert-OH is 1. The van der Waals surface area contributed by atoms with Crippen molar-refractivity contribution in [3.8, 4) is 0 Å². The summed E-state index contributed by atoms with van der Waals surface area (Å²) in [5, 5.41) is 24.7. The third-order valence-electron chi connectivity index (χ3n) is 3.45. The van der Waals surface area contributed by atoms with Crippen molar-refractivity contribution in [1.82, 2.24) is 4.98 Å². The van der Waals surface area contributed by atoms with E-state index < -0.39 is 16.6 Å². The Balaban J connectivity index is 2.56. The van der Waals surface area contributed by atoms with Gasteiger partial charge in [0.05, 0.1) is 16.6 Å². The minimum absolute atomic E-state index is 0.0268. The van der Waals surface area contributed by atoms with E-state index in [-0.39, 0.29) is 5.69 Å². The number of nitro groups is 1. The number of nitrogens with one attached hydrogen (secondary N) is 1. The van der Waals surface area contributed by atoms with Gasteiger partial charge in [0, 0.05) is 23.3 Å². The van der Waals surface area contributed by atoms with E-state index in [9.17, 15) is 15.2 Å². The number of nitro benzene ring substituents is 1. The van der Waals surface area contributed by atoms with Gasteiger partial charge in [0.1, 0.15) is 5.52 Å². The molecule has 0 bridgehead atoms. The fourth-order valence-electron chi connectivity index (χ4n) is 1.87. The summed E-state index contributed by atoms with van der Waals surface area (Å²) >= 11 is 0. The Kier molecular flexibility index (Phi) is 3.59. The Bertz CT molecular complexity index is 653. The lowest BCUT2D eigenvalue weighted by Gasteiger charge is -2.31. The largest absolute Gasteiger partial charge is 0.391 e. The van der Waals surface area contributed by atoms with Crippen LogP contribution in [0.3, 0.4) is 0 Å². The highest BCUT2D eigenvalue weighted by Gasteiger charge is 2.25. The van der Waals surface area contributed by atoms with Crippen molar-refractivity contribution in [2.45, 2.75) is 32.4 Å². The standard InChI is InChI=1S/C14H17N3O3/c1-9(18)14(2,3)16-11-7-8-15-13-10(11)5-4-6-12(13)17(19)20/h4-9,18H,1-3H3,(H,15,16). The molecule has 0 spiro atoms. The van der Waals surface area contributed by atoms with Gasteiger partial charge >= 0.3 is 0 Å². The van der Waals surface area contributed by atoms with Crippen molar-refractivity contribution in [2.24, 2.45) is 0 Å². The molecular formula is C14H17N3O3. The van der Waals surface area contributed by atoms with Gasteiger partial charge in [0.15, 0.2) is 0 Å². The molecule has 0 amide bonds. The number of hydrogen-bond donors (Lipinski definition) is 2. The summed E-state index contributed by atoms with van der Waals surface area (Å²) < 4.78 is 0. The van der Waals surface area contributed by atoms with Crippen LogP contribution in [0.5, 0.6) is 0 Å². The number of anilines is 1. The highest BCUT2D eigenvalue weighted by atomic mass is 16.6. The molecule has 0 saturated carbocycles. The van der Waals surface area contributed by atoms with Crippen molar-refractivity contribution in [3.05, 3.63) is 40.6 Å². The van der Waals surface area contributed by atoms with Gasteiger partial charge in [-0.25, -0.2) is 4.98 Å². The number of aliphatic hydroxyl groups is 1. The van der Waals surface area contributed by atoms with Gasteiger partial charge < -0.3 is 10.4 Å². The van der Waals surface area contributed by atoms with E-state index in [1.54, 1.807) is 25.1 Å². The number of pyridine rings is 1. The maximum Gasteiger partial charge on any atom is 0.295 e. The first-order valence-electron chi connectivity index (χ1n) is 6.31. The zero-order valence-electron chi connectivity index (χ0n) is 11.6. The molecule has 20 heavy (non-hydrogen) atoms. The molecular weight excluding hydrogens is 258 g/mol. The fraction of sp³-hybridized carbons (Fsp3) is 0.357. The molecule has 2 aromatic rings. The molecule has 2 N–H and O–H groups in total. The molecule has 1 unspecified atom stereocenters. The molecule has 0 aliphatic rings. The summed E-state index contributed by atoms with van der Waals surface area (Å²) in [6, 6.07) is 6.58. The molecule has 2 rings (SSSR count). The van der Waals surface area contributed by atoms with Gasteiger partial charge in [-0.2, -0.15) is 0 Å². The van der Waals surface area contributed by atoms with Crippen LogP contribution in [0.15, 0.2) is 30.5 Å². The summed E-state index contributed by atoms with van der Waals surface area (Å²) in [7, 11) is 0. The van der Waals surface area contributed by atoms with E-state index in [1.165, 1.54) is 12.3 Å². The molecule has 106 valence electrons. The number of rotatable bonds is 4. The van der Waals surface area contributed by atoms with Crippen molar-refractivity contribution >= 4 is 22.3 Å². The van der Waals surface area contributed by atoms with Crippen LogP contribution in [0.2, 0.25) is 0 Å². The predicted molar refractivity (Wildman–Crippen MR) is 77.8 cm³/mol. The van der Waals surface area contributed by atoms with E-state index >= 15 is 0 Å². The Morgan fingerprint density at radius 2 is 2.10 bits per heavy atom. The van der Waals surface area contributed by atoms with E-state index in [4.69, 9.17) is 0 Å². The minimum atomic E-state index is -0.579. The van der Waals surface area contributed by atoms with Crippen LogP contribution in [0.4, 0.5) is 11.4 Å². The lowest BCUT2D eigenvalue weighted by Crippen LogP contribution is -2.41. The third-order valence-corrected chi connectivity index (χ3v) is 3.45.